The van der Waals surface area contributed by atoms with Crippen LogP contribution in [0.2, 0.25) is 0 Å². The number of nitrogens with zero attached hydrogens (tertiary/aromatic N) is 3. The Balaban J connectivity index is 1.69. The molecule has 1 aromatic carbocycles. The van der Waals surface area contributed by atoms with Gasteiger partial charge in [0.25, 0.3) is 0 Å². The van der Waals surface area contributed by atoms with E-state index in [4.69, 9.17) is 0 Å². The zero-order valence-electron chi connectivity index (χ0n) is 13.5. The van der Waals surface area contributed by atoms with E-state index in [1.807, 2.05) is 17.0 Å². The van der Waals surface area contributed by atoms with E-state index in [0.29, 0.717) is 13.1 Å². The third-order valence-electron chi connectivity index (χ3n) is 4.23. The summed E-state index contributed by atoms with van der Waals surface area (Å²) in [5.74, 6) is -10.2. The van der Waals surface area contributed by atoms with E-state index in [1.165, 1.54) is 4.90 Å². The Labute approximate surface area is 145 Å². The van der Waals surface area contributed by atoms with Crippen LogP contribution in [0.4, 0.5) is 27.8 Å². The van der Waals surface area contributed by atoms with Gasteiger partial charge < -0.3 is 9.80 Å². The minimum absolute atomic E-state index is 0.255. The van der Waals surface area contributed by atoms with Crippen LogP contribution in [-0.4, -0.2) is 42.0 Å². The first-order valence-electron chi connectivity index (χ1n) is 7.84. The van der Waals surface area contributed by atoms with Crippen LogP contribution < -0.4 is 4.90 Å². The molecule has 1 amide bonds. The number of carbonyl (C=O) groups excluding carboxylic acids is 1. The molecular formula is C17H14F5N3O. The van der Waals surface area contributed by atoms with Gasteiger partial charge in [0, 0.05) is 37.9 Å². The van der Waals surface area contributed by atoms with E-state index >= 15 is 0 Å². The zero-order chi connectivity index (χ0) is 18.8. The topological polar surface area (TPSA) is 36.4 Å². The summed E-state index contributed by atoms with van der Waals surface area (Å²) in [6, 6.07) is 5.41. The smallest absolute Gasteiger partial charge is 0.227 e. The van der Waals surface area contributed by atoms with Crippen LogP contribution in [-0.2, 0) is 11.2 Å². The van der Waals surface area contributed by atoms with Crippen LogP contribution in [0.1, 0.15) is 5.56 Å². The van der Waals surface area contributed by atoms with E-state index in [0.717, 1.165) is 5.82 Å². The second-order valence-corrected chi connectivity index (χ2v) is 5.78. The minimum Gasteiger partial charge on any atom is -0.353 e. The fraction of sp³-hybridized carbons (Fsp3) is 0.294. The molecule has 0 atom stereocenters. The van der Waals surface area contributed by atoms with Gasteiger partial charge in [0.2, 0.25) is 11.7 Å². The number of anilines is 1. The van der Waals surface area contributed by atoms with E-state index in [9.17, 15) is 26.7 Å². The van der Waals surface area contributed by atoms with Crippen molar-refractivity contribution in [2.75, 3.05) is 31.1 Å². The Bertz CT molecular complexity index is 794. The molecule has 0 radical (unpaired) electrons. The van der Waals surface area contributed by atoms with Crippen LogP contribution in [0.3, 0.4) is 0 Å². The van der Waals surface area contributed by atoms with E-state index < -0.39 is 47.0 Å². The molecule has 2 aromatic rings. The van der Waals surface area contributed by atoms with Crippen LogP contribution in [0.5, 0.6) is 0 Å². The van der Waals surface area contributed by atoms with Gasteiger partial charge >= 0.3 is 0 Å². The highest BCUT2D eigenvalue weighted by atomic mass is 19.2. The molecule has 26 heavy (non-hydrogen) atoms. The summed E-state index contributed by atoms with van der Waals surface area (Å²) >= 11 is 0. The van der Waals surface area contributed by atoms with E-state index in [-0.39, 0.29) is 13.1 Å². The average molecular weight is 371 g/mol. The number of rotatable bonds is 3. The molecule has 0 bridgehead atoms. The lowest BCUT2D eigenvalue weighted by Crippen LogP contribution is -2.49. The first-order chi connectivity index (χ1) is 12.4. The molecule has 0 aliphatic carbocycles. The Kier molecular flexibility index (Phi) is 5.06. The van der Waals surface area contributed by atoms with Gasteiger partial charge in [-0.05, 0) is 12.1 Å². The Morgan fingerprint density at radius 3 is 2.00 bits per heavy atom. The van der Waals surface area contributed by atoms with E-state index in [1.54, 1.807) is 12.3 Å². The number of aromatic nitrogens is 1. The first-order valence-corrected chi connectivity index (χ1v) is 7.84. The molecule has 0 saturated carbocycles. The van der Waals surface area contributed by atoms with Crippen molar-refractivity contribution in [3.63, 3.8) is 0 Å². The second kappa shape index (κ2) is 7.27. The lowest BCUT2D eigenvalue weighted by atomic mass is 10.1. The van der Waals surface area contributed by atoms with Crippen molar-refractivity contribution in [2.24, 2.45) is 0 Å². The number of pyridine rings is 1. The fourth-order valence-corrected chi connectivity index (χ4v) is 2.79. The number of amides is 1. The molecule has 3 rings (SSSR count). The number of piperazine rings is 1. The molecule has 0 N–H and O–H groups in total. The Morgan fingerprint density at radius 2 is 1.46 bits per heavy atom. The molecule has 0 spiro atoms. The van der Waals surface area contributed by atoms with Gasteiger partial charge in [0.15, 0.2) is 23.3 Å². The maximum atomic E-state index is 13.7. The molecule has 0 unspecified atom stereocenters. The van der Waals surface area contributed by atoms with Crippen LogP contribution in [0, 0.1) is 29.1 Å². The number of benzene rings is 1. The van der Waals surface area contributed by atoms with Crippen molar-refractivity contribution < 1.29 is 26.7 Å². The van der Waals surface area contributed by atoms with Gasteiger partial charge in [-0.3, -0.25) is 4.79 Å². The molecule has 1 aliphatic rings. The summed E-state index contributed by atoms with van der Waals surface area (Å²) in [7, 11) is 0. The lowest BCUT2D eigenvalue weighted by Gasteiger charge is -2.35. The molecular weight excluding hydrogens is 357 g/mol. The average Bonchev–Trinajstić information content (AvgIpc) is 2.69. The highest BCUT2D eigenvalue weighted by molar-refractivity contribution is 5.79. The van der Waals surface area contributed by atoms with Crippen LogP contribution in [0.25, 0.3) is 0 Å². The molecule has 1 aromatic heterocycles. The molecule has 9 heteroatoms. The highest BCUT2D eigenvalue weighted by Crippen LogP contribution is 2.24. The second-order valence-electron chi connectivity index (χ2n) is 5.78. The van der Waals surface area contributed by atoms with Crippen molar-refractivity contribution in [2.45, 2.75) is 6.42 Å². The summed E-state index contributed by atoms with van der Waals surface area (Å²) in [6.07, 6.45) is 0.741. The minimum atomic E-state index is -2.24. The molecule has 1 aliphatic heterocycles. The van der Waals surface area contributed by atoms with Gasteiger partial charge in [-0.2, -0.15) is 0 Å². The van der Waals surface area contributed by atoms with Crippen LogP contribution in [0.15, 0.2) is 24.4 Å². The predicted octanol–water partition coefficient (Wildman–Crippen LogP) is 2.67. The van der Waals surface area contributed by atoms with Gasteiger partial charge in [-0.25, -0.2) is 26.9 Å². The zero-order valence-corrected chi connectivity index (χ0v) is 13.5. The lowest BCUT2D eigenvalue weighted by molar-refractivity contribution is -0.130. The molecule has 1 fully saturated rings. The van der Waals surface area contributed by atoms with Crippen molar-refractivity contribution in [1.29, 1.82) is 0 Å². The van der Waals surface area contributed by atoms with Gasteiger partial charge in [0.1, 0.15) is 5.82 Å². The maximum absolute atomic E-state index is 13.7. The number of carbonyl (C=O) groups is 1. The number of hydrogen-bond acceptors (Lipinski definition) is 3. The highest BCUT2D eigenvalue weighted by Gasteiger charge is 2.29. The van der Waals surface area contributed by atoms with Crippen molar-refractivity contribution in [3.8, 4) is 0 Å². The van der Waals surface area contributed by atoms with Gasteiger partial charge in [-0.1, -0.05) is 6.07 Å². The Hall–Kier alpha value is -2.71. The summed E-state index contributed by atoms with van der Waals surface area (Å²) in [5, 5.41) is 0. The largest absolute Gasteiger partial charge is 0.353 e. The SMILES string of the molecule is O=C(Cc1c(F)c(F)c(F)c(F)c1F)N1CCN(c2ccccn2)CC1. The molecule has 1 saturated heterocycles. The van der Waals surface area contributed by atoms with Gasteiger partial charge in [-0.15, -0.1) is 0 Å². The quantitative estimate of drug-likeness (QED) is 0.473. The van der Waals surface area contributed by atoms with Gasteiger partial charge in [0.05, 0.1) is 6.42 Å². The van der Waals surface area contributed by atoms with Crippen molar-refractivity contribution in [3.05, 3.63) is 59.0 Å². The monoisotopic (exact) mass is 371 g/mol. The van der Waals surface area contributed by atoms with Crippen molar-refractivity contribution >= 4 is 11.7 Å². The number of hydrogen-bond donors (Lipinski definition) is 0. The molecule has 2 heterocycles. The number of halogens is 5. The molecule has 4 nitrogen and oxygen atoms in total. The van der Waals surface area contributed by atoms with Crippen LogP contribution >= 0.6 is 0 Å². The summed E-state index contributed by atoms with van der Waals surface area (Å²) < 4.78 is 66.9. The summed E-state index contributed by atoms with van der Waals surface area (Å²) in [6.45, 7) is 1.40. The first kappa shape index (κ1) is 18.1. The fourth-order valence-electron chi connectivity index (χ4n) is 2.79. The van der Waals surface area contributed by atoms with Crippen molar-refractivity contribution in [1.82, 2.24) is 9.88 Å². The normalized spacial score (nSPS) is 14.7. The third kappa shape index (κ3) is 3.33. The summed E-state index contributed by atoms with van der Waals surface area (Å²) in [4.78, 5) is 19.7. The van der Waals surface area contributed by atoms with E-state index in [2.05, 4.69) is 4.98 Å². The standard InChI is InChI=1S/C17H14F5N3O/c18-13-10(14(19)16(21)17(22)15(13)20)9-12(26)25-7-5-24(6-8-25)11-3-1-2-4-23-11/h1-4H,5-9H2. The maximum Gasteiger partial charge on any atom is 0.227 e. The molecule has 138 valence electrons. The Morgan fingerprint density at radius 1 is 0.885 bits per heavy atom. The third-order valence-corrected chi connectivity index (χ3v) is 4.23. The predicted molar refractivity (Wildman–Crippen MR) is 83.0 cm³/mol. The summed E-state index contributed by atoms with van der Waals surface area (Å²) in [5.41, 5.74) is -1.11.